The van der Waals surface area contributed by atoms with Crippen molar-refractivity contribution in [1.29, 1.82) is 0 Å². The van der Waals surface area contributed by atoms with E-state index in [0.29, 0.717) is 0 Å². The molecular weight excluding hydrogens is 270 g/mol. The van der Waals surface area contributed by atoms with Gasteiger partial charge in [0.15, 0.2) is 5.65 Å². The number of halogens is 1. The lowest BCUT2D eigenvalue weighted by molar-refractivity contribution is 0.568. The molecule has 0 aromatic carbocycles. The molecule has 3 heterocycles. The minimum Gasteiger partial charge on any atom is -0.472 e. The largest absolute Gasteiger partial charge is 0.472 e. The summed E-state index contributed by atoms with van der Waals surface area (Å²) in [6.07, 6.45) is 5.07. The van der Waals surface area contributed by atoms with Crippen molar-refractivity contribution in [3.8, 4) is 11.3 Å². The van der Waals surface area contributed by atoms with Crippen LogP contribution in [0.25, 0.3) is 16.9 Å². The van der Waals surface area contributed by atoms with Crippen LogP contribution in [0.3, 0.4) is 0 Å². The van der Waals surface area contributed by atoms with Gasteiger partial charge in [0.1, 0.15) is 0 Å². The average Bonchev–Trinajstić information content (AvgIpc) is 2.88. The number of nitrogens with zero attached hydrogens (tertiary/aromatic N) is 3. The quantitative estimate of drug-likeness (QED) is 0.687. The van der Waals surface area contributed by atoms with Crippen LogP contribution in [0.15, 0.2) is 39.7 Å². The fourth-order valence-electron chi connectivity index (χ4n) is 1.64. The van der Waals surface area contributed by atoms with E-state index >= 15 is 0 Å². The third-order valence-corrected chi connectivity index (χ3v) is 2.98. The van der Waals surface area contributed by atoms with E-state index < -0.39 is 0 Å². The van der Waals surface area contributed by atoms with Crippen molar-refractivity contribution in [2.24, 2.45) is 0 Å². The fraction of sp³-hybridized carbons (Fsp3) is 0.0909. The van der Waals surface area contributed by atoms with E-state index in [9.17, 15) is 0 Å². The van der Waals surface area contributed by atoms with Gasteiger partial charge in [-0.15, -0.1) is 0 Å². The highest BCUT2D eigenvalue weighted by molar-refractivity contribution is 9.10. The molecule has 0 N–H and O–H groups in total. The third kappa shape index (κ3) is 1.36. The van der Waals surface area contributed by atoms with E-state index in [-0.39, 0.29) is 0 Å². The first-order chi connectivity index (χ1) is 7.75. The van der Waals surface area contributed by atoms with Gasteiger partial charge in [0.25, 0.3) is 0 Å². The molecule has 3 aromatic heterocycles. The standard InChI is InChI=1S/C11H8BrN3O/c1-7-4-10(8-2-3-16-6-8)14-11-9(12)5-13-15(7)11/h2-6H,1H3. The van der Waals surface area contributed by atoms with Gasteiger partial charge in [-0.3, -0.25) is 0 Å². The second kappa shape index (κ2) is 3.45. The van der Waals surface area contributed by atoms with Crippen LogP contribution in [0.5, 0.6) is 0 Å². The third-order valence-electron chi connectivity index (χ3n) is 2.42. The molecule has 3 aromatic rings. The molecule has 0 saturated carbocycles. The average molecular weight is 278 g/mol. The highest BCUT2D eigenvalue weighted by Gasteiger charge is 2.09. The maximum Gasteiger partial charge on any atom is 0.170 e. The topological polar surface area (TPSA) is 43.3 Å². The number of hydrogen-bond donors (Lipinski definition) is 0. The highest BCUT2D eigenvalue weighted by Crippen LogP contribution is 2.23. The van der Waals surface area contributed by atoms with Crippen LogP contribution >= 0.6 is 15.9 Å². The minimum atomic E-state index is 0.816. The Morgan fingerprint density at radius 3 is 3.06 bits per heavy atom. The molecule has 0 unspecified atom stereocenters. The molecule has 4 nitrogen and oxygen atoms in total. The monoisotopic (exact) mass is 277 g/mol. The van der Waals surface area contributed by atoms with Crippen molar-refractivity contribution in [3.05, 3.63) is 41.0 Å². The van der Waals surface area contributed by atoms with E-state index in [4.69, 9.17) is 4.42 Å². The lowest BCUT2D eigenvalue weighted by Gasteiger charge is -2.02. The maximum absolute atomic E-state index is 5.06. The Bertz CT molecular complexity index is 643. The van der Waals surface area contributed by atoms with Crippen LogP contribution < -0.4 is 0 Å². The Labute approximate surface area is 100 Å². The van der Waals surface area contributed by atoms with Crippen molar-refractivity contribution in [2.75, 3.05) is 0 Å². The Morgan fingerprint density at radius 2 is 2.31 bits per heavy atom. The van der Waals surface area contributed by atoms with Crippen LogP contribution in [0.4, 0.5) is 0 Å². The van der Waals surface area contributed by atoms with Crippen molar-refractivity contribution in [1.82, 2.24) is 14.6 Å². The van der Waals surface area contributed by atoms with Crippen LogP contribution in [-0.2, 0) is 0 Å². The summed E-state index contributed by atoms with van der Waals surface area (Å²) in [4.78, 5) is 4.53. The zero-order valence-electron chi connectivity index (χ0n) is 8.51. The molecule has 0 fully saturated rings. The number of aromatic nitrogens is 3. The fourth-order valence-corrected chi connectivity index (χ4v) is 1.99. The van der Waals surface area contributed by atoms with Gasteiger partial charge in [-0.25, -0.2) is 9.50 Å². The first-order valence-electron chi connectivity index (χ1n) is 4.79. The molecule has 80 valence electrons. The molecule has 16 heavy (non-hydrogen) atoms. The van der Waals surface area contributed by atoms with Crippen LogP contribution in [-0.4, -0.2) is 14.6 Å². The summed E-state index contributed by atoms with van der Waals surface area (Å²) in [5.41, 5.74) is 3.71. The molecule has 0 atom stereocenters. The molecule has 0 aliphatic rings. The zero-order chi connectivity index (χ0) is 11.1. The minimum absolute atomic E-state index is 0.816. The summed E-state index contributed by atoms with van der Waals surface area (Å²) in [6.45, 7) is 2.00. The highest BCUT2D eigenvalue weighted by atomic mass is 79.9. The zero-order valence-corrected chi connectivity index (χ0v) is 10.1. The van der Waals surface area contributed by atoms with Crippen molar-refractivity contribution in [2.45, 2.75) is 6.92 Å². The van der Waals surface area contributed by atoms with Crippen LogP contribution in [0.2, 0.25) is 0 Å². The Hall–Kier alpha value is -1.62. The van der Waals surface area contributed by atoms with E-state index in [2.05, 4.69) is 26.0 Å². The van der Waals surface area contributed by atoms with Crippen molar-refractivity contribution < 1.29 is 4.42 Å². The Morgan fingerprint density at radius 1 is 1.44 bits per heavy atom. The first-order valence-corrected chi connectivity index (χ1v) is 5.58. The molecule has 0 aliphatic heterocycles. The van der Waals surface area contributed by atoms with E-state index in [1.807, 2.05) is 19.1 Å². The van der Waals surface area contributed by atoms with Crippen LogP contribution in [0.1, 0.15) is 5.69 Å². The summed E-state index contributed by atoms with van der Waals surface area (Å²) in [7, 11) is 0. The van der Waals surface area contributed by atoms with Crippen LogP contribution in [0, 0.1) is 6.92 Å². The number of rotatable bonds is 1. The number of hydrogen-bond acceptors (Lipinski definition) is 3. The lowest BCUT2D eigenvalue weighted by atomic mass is 10.2. The predicted molar refractivity (Wildman–Crippen MR) is 63.1 cm³/mol. The molecule has 0 bridgehead atoms. The van der Waals surface area contributed by atoms with Gasteiger partial charge >= 0.3 is 0 Å². The van der Waals surface area contributed by atoms with E-state index in [0.717, 1.165) is 27.1 Å². The number of furan rings is 1. The first kappa shape index (κ1) is 9.59. The number of fused-ring (bicyclic) bond motifs is 1. The summed E-state index contributed by atoms with van der Waals surface area (Å²) in [5, 5.41) is 4.22. The molecule has 0 amide bonds. The number of aryl methyl sites for hydroxylation is 1. The molecular formula is C11H8BrN3O. The molecule has 5 heteroatoms. The van der Waals surface area contributed by atoms with Crippen molar-refractivity contribution >= 4 is 21.6 Å². The maximum atomic E-state index is 5.06. The molecule has 0 saturated heterocycles. The van der Waals surface area contributed by atoms with Crippen molar-refractivity contribution in [3.63, 3.8) is 0 Å². The lowest BCUT2D eigenvalue weighted by Crippen LogP contribution is -1.96. The van der Waals surface area contributed by atoms with Gasteiger partial charge in [-0.2, -0.15) is 5.10 Å². The summed E-state index contributed by atoms with van der Waals surface area (Å²) in [6, 6.07) is 3.87. The summed E-state index contributed by atoms with van der Waals surface area (Å²) >= 11 is 3.43. The van der Waals surface area contributed by atoms with Gasteiger partial charge in [0, 0.05) is 11.3 Å². The molecule has 0 spiro atoms. The van der Waals surface area contributed by atoms with E-state index in [1.165, 1.54) is 0 Å². The van der Waals surface area contributed by atoms with Gasteiger partial charge in [0.2, 0.25) is 0 Å². The van der Waals surface area contributed by atoms with Gasteiger partial charge in [0.05, 0.1) is 28.9 Å². The van der Waals surface area contributed by atoms with E-state index in [1.54, 1.807) is 23.2 Å². The van der Waals surface area contributed by atoms with Gasteiger partial charge < -0.3 is 4.42 Å². The second-order valence-corrected chi connectivity index (χ2v) is 4.38. The Kier molecular flexibility index (Phi) is 2.07. The smallest absolute Gasteiger partial charge is 0.170 e. The second-order valence-electron chi connectivity index (χ2n) is 3.52. The molecule has 3 rings (SSSR count). The van der Waals surface area contributed by atoms with Gasteiger partial charge in [-0.05, 0) is 35.0 Å². The molecule has 0 radical (unpaired) electrons. The summed E-state index contributed by atoms with van der Waals surface area (Å²) in [5.74, 6) is 0. The Balaban J connectivity index is 2.32. The predicted octanol–water partition coefficient (Wildman–Crippen LogP) is 3.06. The summed E-state index contributed by atoms with van der Waals surface area (Å²) < 4.78 is 7.75. The van der Waals surface area contributed by atoms with Gasteiger partial charge in [-0.1, -0.05) is 0 Å². The normalized spacial score (nSPS) is 11.1. The molecule has 0 aliphatic carbocycles. The SMILES string of the molecule is Cc1cc(-c2ccoc2)nc2c(Br)cnn12.